The van der Waals surface area contributed by atoms with Gasteiger partial charge < -0.3 is 15.5 Å². The summed E-state index contributed by atoms with van der Waals surface area (Å²) in [4.78, 5) is 27.2. The predicted molar refractivity (Wildman–Crippen MR) is 105 cm³/mol. The Morgan fingerprint density at radius 3 is 2.58 bits per heavy atom. The fourth-order valence-corrected chi connectivity index (χ4v) is 3.77. The predicted octanol–water partition coefficient (Wildman–Crippen LogP) is 2.15. The van der Waals surface area contributed by atoms with Crippen LogP contribution in [-0.2, 0) is 16.0 Å². The topological polar surface area (TPSA) is 61.4 Å². The summed E-state index contributed by atoms with van der Waals surface area (Å²) >= 11 is 0. The van der Waals surface area contributed by atoms with Crippen molar-refractivity contribution < 1.29 is 9.59 Å². The molecule has 144 valence electrons. The number of carbonyl (C=O) groups excluding carboxylic acids is 2. The first-order chi connectivity index (χ1) is 12.2. The first-order valence-electron chi connectivity index (χ1n) is 9.55. The first-order valence-corrected chi connectivity index (χ1v) is 9.55. The van der Waals surface area contributed by atoms with Gasteiger partial charge in [0.25, 0.3) is 0 Å². The monoisotopic (exact) mass is 379 g/mol. The third-order valence-corrected chi connectivity index (χ3v) is 5.28. The van der Waals surface area contributed by atoms with E-state index in [1.54, 1.807) is 0 Å². The van der Waals surface area contributed by atoms with Crippen LogP contribution in [0.25, 0.3) is 0 Å². The SMILES string of the molecule is Cl.O=C(CCC1CCNC1)NC(Cc1ccccc1)C(=O)N1CCCC1. The molecule has 2 heterocycles. The van der Waals surface area contributed by atoms with Gasteiger partial charge in [-0.3, -0.25) is 9.59 Å². The van der Waals surface area contributed by atoms with Crippen molar-refractivity contribution in [3.63, 3.8) is 0 Å². The smallest absolute Gasteiger partial charge is 0.245 e. The summed E-state index contributed by atoms with van der Waals surface area (Å²) in [6.07, 6.45) is 5.24. The molecule has 0 aromatic heterocycles. The fraction of sp³-hybridized carbons (Fsp3) is 0.600. The molecule has 2 aliphatic rings. The lowest BCUT2D eigenvalue weighted by Gasteiger charge is -2.24. The average Bonchev–Trinajstić information content (AvgIpc) is 3.33. The van der Waals surface area contributed by atoms with Crippen LogP contribution in [-0.4, -0.2) is 48.9 Å². The molecule has 26 heavy (non-hydrogen) atoms. The number of carbonyl (C=O) groups is 2. The van der Waals surface area contributed by atoms with Crippen LogP contribution in [0, 0.1) is 5.92 Å². The minimum Gasteiger partial charge on any atom is -0.344 e. The van der Waals surface area contributed by atoms with Crippen molar-refractivity contribution in [2.75, 3.05) is 26.2 Å². The summed E-state index contributed by atoms with van der Waals surface area (Å²) in [5.41, 5.74) is 1.08. The van der Waals surface area contributed by atoms with Crippen molar-refractivity contribution in [2.24, 2.45) is 5.92 Å². The molecule has 2 fully saturated rings. The van der Waals surface area contributed by atoms with Gasteiger partial charge in [-0.25, -0.2) is 0 Å². The average molecular weight is 380 g/mol. The largest absolute Gasteiger partial charge is 0.344 e. The lowest BCUT2D eigenvalue weighted by atomic mass is 10.0. The number of hydrogen-bond acceptors (Lipinski definition) is 3. The molecule has 6 heteroatoms. The lowest BCUT2D eigenvalue weighted by Crippen LogP contribution is -2.49. The van der Waals surface area contributed by atoms with E-state index in [9.17, 15) is 9.59 Å². The van der Waals surface area contributed by atoms with E-state index in [-0.39, 0.29) is 24.2 Å². The minimum atomic E-state index is -0.449. The van der Waals surface area contributed by atoms with E-state index in [0.29, 0.717) is 18.8 Å². The van der Waals surface area contributed by atoms with Crippen LogP contribution >= 0.6 is 12.4 Å². The van der Waals surface area contributed by atoms with Gasteiger partial charge in [0.2, 0.25) is 11.8 Å². The highest BCUT2D eigenvalue weighted by Gasteiger charge is 2.28. The maximum absolute atomic E-state index is 12.8. The van der Waals surface area contributed by atoms with E-state index in [1.165, 1.54) is 0 Å². The van der Waals surface area contributed by atoms with Gasteiger partial charge >= 0.3 is 0 Å². The van der Waals surface area contributed by atoms with Crippen molar-refractivity contribution in [3.05, 3.63) is 35.9 Å². The number of amides is 2. The molecule has 5 nitrogen and oxygen atoms in total. The Hall–Kier alpha value is -1.59. The molecule has 0 radical (unpaired) electrons. The van der Waals surface area contributed by atoms with Gasteiger partial charge in [-0.05, 0) is 50.3 Å². The third-order valence-electron chi connectivity index (χ3n) is 5.28. The molecule has 0 bridgehead atoms. The van der Waals surface area contributed by atoms with Crippen LogP contribution in [0.1, 0.15) is 37.7 Å². The quantitative estimate of drug-likeness (QED) is 0.763. The summed E-state index contributed by atoms with van der Waals surface area (Å²) < 4.78 is 0. The molecule has 2 saturated heterocycles. The highest BCUT2D eigenvalue weighted by atomic mass is 35.5. The standard InChI is InChI=1S/C20H29N3O2.ClH/c24-19(9-8-17-10-11-21-15-17)22-18(14-16-6-2-1-3-7-16)20(25)23-12-4-5-13-23;/h1-3,6-7,17-18,21H,4-5,8-15H2,(H,22,24);1H. The number of likely N-dealkylation sites (tertiary alicyclic amines) is 1. The second-order valence-corrected chi connectivity index (χ2v) is 7.24. The first kappa shape index (κ1) is 20.7. The minimum absolute atomic E-state index is 0. The Labute approximate surface area is 162 Å². The number of hydrogen-bond donors (Lipinski definition) is 2. The molecule has 0 saturated carbocycles. The van der Waals surface area contributed by atoms with Crippen LogP contribution in [0.3, 0.4) is 0 Å². The number of nitrogens with one attached hydrogen (secondary N) is 2. The molecule has 1 aromatic carbocycles. The molecule has 2 atom stereocenters. The Kier molecular flexibility index (Phi) is 8.39. The molecular weight excluding hydrogens is 350 g/mol. The lowest BCUT2D eigenvalue weighted by molar-refractivity contribution is -0.135. The van der Waals surface area contributed by atoms with Crippen LogP contribution < -0.4 is 10.6 Å². The number of halogens is 1. The van der Waals surface area contributed by atoms with Crippen molar-refractivity contribution >= 4 is 24.2 Å². The van der Waals surface area contributed by atoms with Crippen molar-refractivity contribution in [1.82, 2.24) is 15.5 Å². The fourth-order valence-electron chi connectivity index (χ4n) is 3.77. The molecule has 1 aromatic rings. The normalized spacial score (nSPS) is 20.5. The Morgan fingerprint density at radius 2 is 1.92 bits per heavy atom. The molecule has 2 unspecified atom stereocenters. The second kappa shape index (κ2) is 10.5. The van der Waals surface area contributed by atoms with Crippen molar-refractivity contribution in [2.45, 2.75) is 44.6 Å². The van der Waals surface area contributed by atoms with Crippen molar-refractivity contribution in [3.8, 4) is 0 Å². The highest BCUT2D eigenvalue weighted by Crippen LogP contribution is 2.15. The van der Waals surface area contributed by atoms with E-state index < -0.39 is 6.04 Å². The van der Waals surface area contributed by atoms with E-state index in [4.69, 9.17) is 0 Å². The van der Waals surface area contributed by atoms with E-state index in [2.05, 4.69) is 10.6 Å². The van der Waals surface area contributed by atoms with Gasteiger partial charge in [0.1, 0.15) is 6.04 Å². The second-order valence-electron chi connectivity index (χ2n) is 7.24. The number of nitrogens with zero attached hydrogens (tertiary/aromatic N) is 1. The molecule has 2 aliphatic heterocycles. The van der Waals surface area contributed by atoms with Crippen molar-refractivity contribution in [1.29, 1.82) is 0 Å². The van der Waals surface area contributed by atoms with Gasteiger partial charge in [0, 0.05) is 25.9 Å². The zero-order valence-corrected chi connectivity index (χ0v) is 16.1. The third kappa shape index (κ3) is 5.99. The molecular formula is C20H30ClN3O2. The van der Waals surface area contributed by atoms with Gasteiger partial charge in [0.15, 0.2) is 0 Å². The molecule has 0 spiro atoms. The highest BCUT2D eigenvalue weighted by molar-refractivity contribution is 5.88. The summed E-state index contributed by atoms with van der Waals surface area (Å²) in [6.45, 7) is 3.69. The van der Waals surface area contributed by atoms with E-state index >= 15 is 0 Å². The zero-order chi connectivity index (χ0) is 17.5. The maximum atomic E-state index is 12.8. The maximum Gasteiger partial charge on any atom is 0.245 e. The van der Waals surface area contributed by atoms with E-state index in [0.717, 1.165) is 57.4 Å². The molecule has 3 rings (SSSR count). The summed E-state index contributed by atoms with van der Waals surface area (Å²) in [7, 11) is 0. The van der Waals surface area contributed by atoms with Crippen LogP contribution in [0.5, 0.6) is 0 Å². The Bertz CT molecular complexity index is 570. The molecule has 2 amide bonds. The number of rotatable bonds is 7. The van der Waals surface area contributed by atoms with Crippen LogP contribution in [0.15, 0.2) is 30.3 Å². The van der Waals surface area contributed by atoms with Crippen LogP contribution in [0.2, 0.25) is 0 Å². The Balaban J connectivity index is 0.00000243. The summed E-state index contributed by atoms with van der Waals surface area (Å²) in [6, 6.07) is 9.49. The zero-order valence-electron chi connectivity index (χ0n) is 15.3. The molecule has 0 aliphatic carbocycles. The van der Waals surface area contributed by atoms with Gasteiger partial charge in [-0.15, -0.1) is 12.4 Å². The molecule has 2 N–H and O–H groups in total. The number of benzene rings is 1. The summed E-state index contributed by atoms with van der Waals surface area (Å²) in [5, 5.41) is 6.35. The Morgan fingerprint density at radius 1 is 1.19 bits per heavy atom. The van der Waals surface area contributed by atoms with Gasteiger partial charge in [-0.2, -0.15) is 0 Å². The van der Waals surface area contributed by atoms with E-state index in [1.807, 2.05) is 35.2 Å². The van der Waals surface area contributed by atoms with Gasteiger partial charge in [0.05, 0.1) is 0 Å². The van der Waals surface area contributed by atoms with Gasteiger partial charge in [-0.1, -0.05) is 30.3 Å². The summed E-state index contributed by atoms with van der Waals surface area (Å²) in [5.74, 6) is 0.658. The van der Waals surface area contributed by atoms with Crippen LogP contribution in [0.4, 0.5) is 0 Å².